The van der Waals surface area contributed by atoms with Crippen LogP contribution in [0, 0.1) is 0 Å². The van der Waals surface area contributed by atoms with Crippen LogP contribution in [0.2, 0.25) is 0 Å². The van der Waals surface area contributed by atoms with Gasteiger partial charge in [0.2, 0.25) is 15.9 Å². The number of carbonyl (C=O) groups excluding carboxylic acids is 1. The number of sulfonamides is 1. The van der Waals surface area contributed by atoms with Crippen LogP contribution in [0.25, 0.3) is 11.0 Å². The monoisotopic (exact) mass is 458 g/mol. The highest BCUT2D eigenvalue weighted by molar-refractivity contribution is 7.89. The Morgan fingerprint density at radius 1 is 1.13 bits per heavy atom. The molecule has 0 radical (unpaired) electrons. The highest BCUT2D eigenvalue weighted by Gasteiger charge is 2.32. The number of benzene rings is 2. The van der Waals surface area contributed by atoms with Crippen molar-refractivity contribution in [2.75, 3.05) is 25.0 Å². The summed E-state index contributed by atoms with van der Waals surface area (Å²) in [5.41, 5.74) is -0.240. The van der Waals surface area contributed by atoms with Crippen molar-refractivity contribution in [3.8, 4) is 0 Å². The summed E-state index contributed by atoms with van der Waals surface area (Å²) in [6, 6.07) is 8.84. The summed E-state index contributed by atoms with van der Waals surface area (Å²) in [6.07, 6.45) is -4.56. The second kappa shape index (κ2) is 8.28. The first kappa shape index (κ1) is 22.1. The third-order valence-corrected chi connectivity index (χ3v) is 6.78. The Kier molecular flexibility index (Phi) is 6.11. The zero-order valence-corrected chi connectivity index (χ0v) is 17.6. The lowest BCUT2D eigenvalue weighted by Gasteiger charge is -2.25. The fraction of sp³-hybridized carbons (Fsp3) is 0.278. The fourth-order valence-electron chi connectivity index (χ4n) is 2.87. The van der Waals surface area contributed by atoms with Gasteiger partial charge in [0.1, 0.15) is 15.9 Å². The van der Waals surface area contributed by atoms with E-state index in [1.54, 1.807) is 13.0 Å². The number of hydrogen-bond donors (Lipinski definition) is 0. The lowest BCUT2D eigenvalue weighted by atomic mass is 10.2. The third kappa shape index (κ3) is 4.30. The van der Waals surface area contributed by atoms with Crippen LogP contribution in [0.5, 0.6) is 0 Å². The molecular weight excluding hydrogens is 441 g/mol. The van der Waals surface area contributed by atoms with E-state index in [0.29, 0.717) is 5.52 Å². The van der Waals surface area contributed by atoms with Gasteiger partial charge >= 0.3 is 6.18 Å². The molecule has 0 aliphatic rings. The molecule has 0 atom stereocenters. The minimum absolute atomic E-state index is 0.0360. The van der Waals surface area contributed by atoms with E-state index in [4.69, 9.17) is 0 Å². The normalized spacial score (nSPS) is 12.5. The Morgan fingerprint density at radius 2 is 1.83 bits per heavy atom. The van der Waals surface area contributed by atoms with Crippen LogP contribution in [-0.2, 0) is 21.0 Å². The molecule has 3 rings (SSSR count). The van der Waals surface area contributed by atoms with Crippen LogP contribution < -0.4 is 4.90 Å². The number of alkyl halides is 3. The number of hydrogen-bond acceptors (Lipinski definition) is 6. The summed E-state index contributed by atoms with van der Waals surface area (Å²) in [4.78, 5) is 13.8. The van der Waals surface area contributed by atoms with Crippen molar-refractivity contribution in [2.24, 2.45) is 0 Å². The predicted octanol–water partition coefficient (Wildman–Crippen LogP) is 3.38. The van der Waals surface area contributed by atoms with Crippen LogP contribution in [-0.4, -0.2) is 47.5 Å². The summed E-state index contributed by atoms with van der Waals surface area (Å²) in [5.74, 6) is -0.661. The van der Waals surface area contributed by atoms with Crippen molar-refractivity contribution >= 4 is 44.4 Å². The maximum atomic E-state index is 13.0. The van der Waals surface area contributed by atoms with Crippen LogP contribution >= 0.6 is 11.7 Å². The topological polar surface area (TPSA) is 83.5 Å². The molecule has 2 aromatic carbocycles. The predicted molar refractivity (Wildman–Crippen MR) is 107 cm³/mol. The molecule has 1 heterocycles. The molecule has 160 valence electrons. The maximum Gasteiger partial charge on any atom is 0.416 e. The van der Waals surface area contributed by atoms with Crippen molar-refractivity contribution in [3.63, 3.8) is 0 Å². The van der Waals surface area contributed by atoms with Gasteiger partial charge in [-0.3, -0.25) is 4.79 Å². The summed E-state index contributed by atoms with van der Waals surface area (Å²) in [7, 11) is -2.85. The minimum Gasteiger partial charge on any atom is -0.312 e. The van der Waals surface area contributed by atoms with Gasteiger partial charge in [0.05, 0.1) is 23.8 Å². The third-order valence-electron chi connectivity index (χ3n) is 4.40. The molecule has 0 bridgehead atoms. The largest absolute Gasteiger partial charge is 0.416 e. The van der Waals surface area contributed by atoms with Gasteiger partial charge in [0.15, 0.2) is 0 Å². The zero-order chi connectivity index (χ0) is 22.1. The smallest absolute Gasteiger partial charge is 0.312 e. The quantitative estimate of drug-likeness (QED) is 0.566. The van der Waals surface area contributed by atoms with Crippen molar-refractivity contribution < 1.29 is 26.4 Å². The summed E-state index contributed by atoms with van der Waals surface area (Å²) in [5, 5.41) is 0. The summed E-state index contributed by atoms with van der Waals surface area (Å²) in [6.45, 7) is 1.11. The Balaban J connectivity index is 1.86. The Bertz CT molecular complexity index is 1180. The Morgan fingerprint density at radius 3 is 2.50 bits per heavy atom. The molecule has 0 fully saturated rings. The van der Waals surface area contributed by atoms with Gasteiger partial charge in [-0.2, -0.15) is 26.2 Å². The molecule has 7 nitrogen and oxygen atoms in total. The molecule has 30 heavy (non-hydrogen) atoms. The van der Waals surface area contributed by atoms with Crippen LogP contribution in [0.4, 0.5) is 18.9 Å². The van der Waals surface area contributed by atoms with E-state index in [2.05, 4.69) is 8.75 Å². The van der Waals surface area contributed by atoms with Gasteiger partial charge in [-0.05, 0) is 37.3 Å². The number of carbonyl (C=O) groups is 1. The van der Waals surface area contributed by atoms with E-state index in [1.165, 1.54) is 31.3 Å². The summed E-state index contributed by atoms with van der Waals surface area (Å²) >= 11 is 0.868. The molecule has 0 saturated carbocycles. The highest BCUT2D eigenvalue weighted by Crippen LogP contribution is 2.32. The first-order valence-electron chi connectivity index (χ1n) is 8.71. The maximum absolute atomic E-state index is 13.0. The number of fused-ring (bicyclic) bond motifs is 1. The number of likely N-dealkylation sites (N-methyl/N-ethyl adjacent to an activating group) is 2. The Labute approximate surface area is 175 Å². The van der Waals surface area contributed by atoms with E-state index in [1.807, 2.05) is 0 Å². The van der Waals surface area contributed by atoms with E-state index < -0.39 is 34.2 Å². The summed E-state index contributed by atoms with van der Waals surface area (Å²) < 4.78 is 73.7. The number of rotatable bonds is 6. The van der Waals surface area contributed by atoms with E-state index in [9.17, 15) is 26.4 Å². The minimum atomic E-state index is -4.56. The van der Waals surface area contributed by atoms with Gasteiger partial charge in [-0.25, -0.2) is 8.42 Å². The van der Waals surface area contributed by atoms with E-state index in [-0.39, 0.29) is 22.6 Å². The molecule has 0 aliphatic heterocycles. The molecule has 0 spiro atoms. The molecule has 0 N–H and O–H groups in total. The van der Waals surface area contributed by atoms with Crippen LogP contribution in [0.15, 0.2) is 47.4 Å². The second-order valence-electron chi connectivity index (χ2n) is 6.34. The number of halogens is 3. The average Bonchev–Trinajstić information content (AvgIpc) is 3.16. The van der Waals surface area contributed by atoms with Crippen molar-refractivity contribution in [2.45, 2.75) is 18.0 Å². The van der Waals surface area contributed by atoms with Gasteiger partial charge in [0.25, 0.3) is 0 Å². The molecule has 0 saturated heterocycles. The fourth-order valence-corrected chi connectivity index (χ4v) is 4.74. The first-order chi connectivity index (χ1) is 14.1. The van der Waals surface area contributed by atoms with Crippen LogP contribution in [0.1, 0.15) is 12.5 Å². The van der Waals surface area contributed by atoms with E-state index >= 15 is 0 Å². The SMILES string of the molecule is CCN(C(=O)CN(C)S(=O)(=O)c1cccc2nsnc12)c1cccc(C(F)(F)F)c1. The number of anilines is 1. The van der Waals surface area contributed by atoms with Gasteiger partial charge in [-0.15, -0.1) is 0 Å². The average molecular weight is 458 g/mol. The highest BCUT2D eigenvalue weighted by atomic mass is 32.2. The first-order valence-corrected chi connectivity index (χ1v) is 10.9. The molecular formula is C18H17F3N4O3S2. The zero-order valence-electron chi connectivity index (χ0n) is 15.9. The second-order valence-corrected chi connectivity index (χ2v) is 8.88. The number of aromatic nitrogens is 2. The van der Waals surface area contributed by atoms with Gasteiger partial charge in [-0.1, -0.05) is 12.1 Å². The van der Waals surface area contributed by atoms with Gasteiger partial charge < -0.3 is 4.90 Å². The van der Waals surface area contributed by atoms with Crippen LogP contribution in [0.3, 0.4) is 0 Å². The standard InChI is InChI=1S/C18H17F3N4O3S2/c1-3-25(13-7-4-6-12(10-13)18(19,20)21)16(26)11-24(2)30(27,28)15-9-5-8-14-17(15)23-29-22-14/h4-10H,3,11H2,1-2H3. The van der Waals surface area contributed by atoms with Gasteiger partial charge in [0, 0.05) is 19.3 Å². The molecule has 0 unspecified atom stereocenters. The lowest BCUT2D eigenvalue weighted by molar-refractivity contribution is -0.137. The molecule has 0 aliphatic carbocycles. The van der Waals surface area contributed by atoms with Crippen molar-refractivity contribution in [1.29, 1.82) is 0 Å². The molecule has 12 heteroatoms. The molecule has 1 amide bonds. The van der Waals surface area contributed by atoms with E-state index in [0.717, 1.165) is 33.1 Å². The molecule has 1 aromatic heterocycles. The number of amides is 1. The Hall–Kier alpha value is -2.57. The molecule has 3 aromatic rings. The number of nitrogens with zero attached hydrogens (tertiary/aromatic N) is 4. The van der Waals surface area contributed by atoms with Crippen molar-refractivity contribution in [1.82, 2.24) is 13.1 Å². The lowest BCUT2D eigenvalue weighted by Crippen LogP contribution is -2.41. The van der Waals surface area contributed by atoms with Crippen molar-refractivity contribution in [3.05, 3.63) is 48.0 Å².